The van der Waals surface area contributed by atoms with E-state index in [9.17, 15) is 9.18 Å². The minimum Gasteiger partial charge on any atom is -0.317 e. The topological polar surface area (TPSA) is 22.0 Å². The summed E-state index contributed by atoms with van der Waals surface area (Å²) in [7, 11) is 0. The van der Waals surface area contributed by atoms with E-state index in [2.05, 4.69) is 0 Å². The first kappa shape index (κ1) is 6.01. The van der Waals surface area contributed by atoms with Crippen LogP contribution >= 0.6 is 0 Å². The fraction of sp³-hybridized carbons (Fsp3) is 0.167. The van der Waals surface area contributed by atoms with E-state index in [0.717, 1.165) is 0 Å². The third kappa shape index (κ3) is 0.988. The van der Waals surface area contributed by atoms with Gasteiger partial charge in [0.1, 0.15) is 0 Å². The second kappa shape index (κ2) is 2.44. The van der Waals surface area contributed by atoms with E-state index in [4.69, 9.17) is 0 Å². The molecule has 1 aromatic heterocycles. The van der Waals surface area contributed by atoms with Crippen molar-refractivity contribution < 1.29 is 9.18 Å². The molecule has 1 aromatic rings. The summed E-state index contributed by atoms with van der Waals surface area (Å²) in [6.45, 7) is -0.638. The lowest BCUT2D eigenvalue weighted by Gasteiger charge is -1.93. The van der Waals surface area contributed by atoms with Gasteiger partial charge in [-0.25, -0.2) is 4.39 Å². The van der Waals surface area contributed by atoms with Crippen LogP contribution in [0.2, 0.25) is 0 Å². The highest BCUT2D eigenvalue weighted by Gasteiger charge is 1.94. The van der Waals surface area contributed by atoms with E-state index < -0.39 is 6.80 Å². The molecule has 0 aliphatic heterocycles. The molecule has 0 aliphatic carbocycles. The van der Waals surface area contributed by atoms with E-state index in [1.165, 1.54) is 10.8 Å². The van der Waals surface area contributed by atoms with Crippen LogP contribution in [0.5, 0.6) is 0 Å². The Balaban J connectivity index is 2.98. The van der Waals surface area contributed by atoms with Crippen LogP contribution in [0.1, 0.15) is 10.5 Å². The van der Waals surface area contributed by atoms with Crippen LogP contribution in [0.4, 0.5) is 4.39 Å². The first-order chi connectivity index (χ1) is 4.38. The van der Waals surface area contributed by atoms with Gasteiger partial charge in [0.15, 0.2) is 13.1 Å². The minimum absolute atomic E-state index is 0.373. The number of rotatable bonds is 2. The van der Waals surface area contributed by atoms with Gasteiger partial charge in [-0.3, -0.25) is 4.79 Å². The van der Waals surface area contributed by atoms with E-state index in [1.54, 1.807) is 12.1 Å². The highest BCUT2D eigenvalue weighted by Crippen LogP contribution is 1.97. The van der Waals surface area contributed by atoms with Crippen LogP contribution in [-0.2, 0) is 6.80 Å². The Morgan fingerprint density at radius 1 is 1.78 bits per heavy atom. The third-order valence-electron chi connectivity index (χ3n) is 1.11. The molecule has 0 spiro atoms. The molecule has 2 nitrogen and oxygen atoms in total. The number of alkyl halides is 1. The zero-order valence-corrected chi connectivity index (χ0v) is 4.75. The quantitative estimate of drug-likeness (QED) is 0.547. The van der Waals surface area contributed by atoms with Gasteiger partial charge in [-0.05, 0) is 12.1 Å². The summed E-state index contributed by atoms with van der Waals surface area (Å²) >= 11 is 0. The standard InChI is InChI=1S/C6H6FNO/c7-5-8-3-1-2-6(8)4-9/h1-4H,5H2. The first-order valence-electron chi connectivity index (χ1n) is 2.55. The van der Waals surface area contributed by atoms with Crippen molar-refractivity contribution in [2.75, 3.05) is 0 Å². The molecule has 0 aliphatic rings. The number of hydrogen-bond acceptors (Lipinski definition) is 1. The maximum atomic E-state index is 11.8. The molecular weight excluding hydrogens is 121 g/mol. The number of carbonyl (C=O) groups is 1. The summed E-state index contributed by atoms with van der Waals surface area (Å²) in [6, 6.07) is 3.19. The Labute approximate surface area is 51.9 Å². The number of aromatic nitrogens is 1. The Kier molecular flexibility index (Phi) is 1.63. The molecular formula is C6H6FNO. The normalized spacial score (nSPS) is 9.44. The van der Waals surface area contributed by atoms with Gasteiger partial charge >= 0.3 is 0 Å². The molecule has 1 heterocycles. The Bertz CT molecular complexity index is 207. The molecule has 0 fully saturated rings. The van der Waals surface area contributed by atoms with Crippen molar-refractivity contribution in [3.05, 3.63) is 24.0 Å². The van der Waals surface area contributed by atoms with Gasteiger partial charge in [0.25, 0.3) is 0 Å². The van der Waals surface area contributed by atoms with Gasteiger partial charge < -0.3 is 4.57 Å². The molecule has 0 bridgehead atoms. The van der Waals surface area contributed by atoms with Crippen LogP contribution in [0.25, 0.3) is 0 Å². The summed E-state index contributed by atoms with van der Waals surface area (Å²) in [5.41, 5.74) is 0.373. The number of carbonyl (C=O) groups excluding carboxylic acids is 1. The fourth-order valence-corrected chi connectivity index (χ4v) is 0.643. The van der Waals surface area contributed by atoms with Crippen LogP contribution in [0.15, 0.2) is 18.3 Å². The summed E-state index contributed by atoms with van der Waals surface area (Å²) in [5, 5.41) is 0. The molecule has 0 saturated carbocycles. The largest absolute Gasteiger partial charge is 0.317 e. The van der Waals surface area contributed by atoms with Crippen LogP contribution in [0.3, 0.4) is 0 Å². The summed E-state index contributed by atoms with van der Waals surface area (Å²) in [5.74, 6) is 0. The predicted molar refractivity (Wildman–Crippen MR) is 30.9 cm³/mol. The monoisotopic (exact) mass is 127 g/mol. The van der Waals surface area contributed by atoms with E-state index in [-0.39, 0.29) is 0 Å². The molecule has 0 aromatic carbocycles. The SMILES string of the molecule is O=Cc1cccn1CF. The maximum absolute atomic E-state index is 11.8. The Morgan fingerprint density at radius 3 is 3.00 bits per heavy atom. The number of halogens is 1. The van der Waals surface area contributed by atoms with Crippen LogP contribution < -0.4 is 0 Å². The zero-order chi connectivity index (χ0) is 6.69. The molecule has 0 atom stereocenters. The number of hydrogen-bond donors (Lipinski definition) is 0. The van der Waals surface area contributed by atoms with Crippen LogP contribution in [-0.4, -0.2) is 10.9 Å². The van der Waals surface area contributed by atoms with E-state index in [0.29, 0.717) is 12.0 Å². The second-order valence-corrected chi connectivity index (χ2v) is 1.64. The summed E-state index contributed by atoms with van der Waals surface area (Å²) in [6.07, 6.45) is 2.14. The van der Waals surface area contributed by atoms with Gasteiger partial charge in [0.05, 0.1) is 5.69 Å². The molecule has 3 heteroatoms. The summed E-state index contributed by atoms with van der Waals surface area (Å²) in [4.78, 5) is 10.1. The molecule has 0 saturated heterocycles. The van der Waals surface area contributed by atoms with Gasteiger partial charge in [0, 0.05) is 6.20 Å². The molecule has 1 rings (SSSR count). The molecule has 0 amide bonds. The average molecular weight is 127 g/mol. The van der Waals surface area contributed by atoms with Crippen molar-refractivity contribution in [3.8, 4) is 0 Å². The fourth-order valence-electron chi connectivity index (χ4n) is 0.643. The van der Waals surface area contributed by atoms with E-state index in [1.807, 2.05) is 0 Å². The van der Waals surface area contributed by atoms with Crippen molar-refractivity contribution in [3.63, 3.8) is 0 Å². The Morgan fingerprint density at radius 2 is 2.56 bits per heavy atom. The summed E-state index contributed by atoms with van der Waals surface area (Å²) < 4.78 is 13.0. The third-order valence-corrected chi connectivity index (χ3v) is 1.11. The lowest BCUT2D eigenvalue weighted by molar-refractivity contribution is 0.111. The van der Waals surface area contributed by atoms with Crippen molar-refractivity contribution in [1.29, 1.82) is 0 Å². The lowest BCUT2D eigenvalue weighted by Crippen LogP contribution is -1.95. The van der Waals surface area contributed by atoms with Gasteiger partial charge in [-0.2, -0.15) is 0 Å². The van der Waals surface area contributed by atoms with E-state index >= 15 is 0 Å². The van der Waals surface area contributed by atoms with Crippen molar-refractivity contribution in [2.24, 2.45) is 0 Å². The van der Waals surface area contributed by atoms with Crippen molar-refractivity contribution in [1.82, 2.24) is 4.57 Å². The smallest absolute Gasteiger partial charge is 0.166 e. The lowest BCUT2D eigenvalue weighted by atomic mass is 10.5. The van der Waals surface area contributed by atoms with Crippen molar-refractivity contribution in [2.45, 2.75) is 6.80 Å². The molecule has 48 valence electrons. The number of nitrogens with zero attached hydrogens (tertiary/aromatic N) is 1. The molecule has 0 radical (unpaired) electrons. The second-order valence-electron chi connectivity index (χ2n) is 1.64. The van der Waals surface area contributed by atoms with Crippen LogP contribution in [0, 0.1) is 0 Å². The molecule has 0 unspecified atom stereocenters. The Hall–Kier alpha value is -1.12. The predicted octanol–water partition coefficient (Wildman–Crippen LogP) is 1.23. The van der Waals surface area contributed by atoms with Gasteiger partial charge in [-0.15, -0.1) is 0 Å². The van der Waals surface area contributed by atoms with Gasteiger partial charge in [-0.1, -0.05) is 0 Å². The zero-order valence-electron chi connectivity index (χ0n) is 4.75. The minimum atomic E-state index is -0.638. The van der Waals surface area contributed by atoms with Crippen molar-refractivity contribution >= 4 is 6.29 Å². The highest BCUT2D eigenvalue weighted by atomic mass is 19.1. The highest BCUT2D eigenvalue weighted by molar-refractivity contribution is 5.72. The number of aldehydes is 1. The van der Waals surface area contributed by atoms with Gasteiger partial charge in [0.2, 0.25) is 0 Å². The molecule has 9 heavy (non-hydrogen) atoms. The molecule has 0 N–H and O–H groups in total. The average Bonchev–Trinajstić information content (AvgIpc) is 2.33. The maximum Gasteiger partial charge on any atom is 0.166 e. The first-order valence-corrected chi connectivity index (χ1v) is 2.55.